The van der Waals surface area contributed by atoms with Crippen molar-refractivity contribution in [2.75, 3.05) is 10.5 Å². The van der Waals surface area contributed by atoms with Crippen LogP contribution in [-0.2, 0) is 14.8 Å². The highest BCUT2D eigenvalue weighted by Gasteiger charge is 2.25. The van der Waals surface area contributed by atoms with Gasteiger partial charge in [0, 0.05) is 29.4 Å². The fourth-order valence-corrected chi connectivity index (χ4v) is 4.06. The lowest BCUT2D eigenvalue weighted by molar-refractivity contribution is -0.131. The number of hydrogen-bond acceptors (Lipinski definition) is 5. The Morgan fingerprint density at radius 2 is 1.64 bits per heavy atom. The number of nitrogens with zero attached hydrogens (tertiary/aromatic N) is 1. The Balaban J connectivity index is 0. The van der Waals surface area contributed by atoms with Crippen molar-refractivity contribution in [2.24, 2.45) is 0 Å². The molecule has 8 nitrogen and oxygen atoms in total. The van der Waals surface area contributed by atoms with E-state index in [2.05, 4.69) is 9.97 Å². The number of nitrogens with one attached hydrogen (secondary N) is 2. The molecule has 2 heterocycles. The highest BCUT2D eigenvalue weighted by molar-refractivity contribution is 7.92. The lowest BCUT2D eigenvalue weighted by atomic mass is 10.0. The van der Waals surface area contributed by atoms with E-state index >= 15 is 0 Å². The maximum atomic E-state index is 14.9. The Morgan fingerprint density at radius 1 is 1.05 bits per heavy atom. The lowest BCUT2D eigenvalue weighted by Crippen LogP contribution is -2.18. The van der Waals surface area contributed by atoms with Crippen molar-refractivity contribution in [1.29, 1.82) is 0 Å². The average Bonchev–Trinajstić information content (AvgIpc) is 3.37. The maximum absolute atomic E-state index is 14.9. The summed E-state index contributed by atoms with van der Waals surface area (Å²) in [7, 11) is -3.87. The Morgan fingerprint density at radius 3 is 2.18 bits per heavy atom. The number of aromatic nitrogens is 2. The van der Waals surface area contributed by atoms with E-state index in [1.807, 2.05) is 60.1 Å². The van der Waals surface area contributed by atoms with Crippen LogP contribution in [0.25, 0.3) is 17.1 Å². The Labute approximate surface area is 230 Å². The van der Waals surface area contributed by atoms with E-state index < -0.39 is 44.7 Å². The van der Waals surface area contributed by atoms with Crippen LogP contribution in [0.4, 0.5) is 14.5 Å². The Bertz CT molecular complexity index is 1320. The molecule has 0 radical (unpaired) electrons. The minimum atomic E-state index is -3.87. The monoisotopic (exact) mass is 569 g/mol. The highest BCUT2D eigenvalue weighted by atomic mass is 32.2. The number of halogens is 2. The van der Waals surface area contributed by atoms with Gasteiger partial charge in [-0.15, -0.1) is 0 Å². The topological polar surface area (TPSA) is 129 Å². The first-order chi connectivity index (χ1) is 18.6. The molecule has 3 aromatic rings. The van der Waals surface area contributed by atoms with Gasteiger partial charge in [0.1, 0.15) is 11.5 Å². The van der Waals surface area contributed by atoms with E-state index in [4.69, 9.17) is 5.11 Å². The van der Waals surface area contributed by atoms with Crippen LogP contribution in [0.15, 0.2) is 36.7 Å². The van der Waals surface area contributed by atoms with Crippen LogP contribution in [0.2, 0.25) is 0 Å². The van der Waals surface area contributed by atoms with Crippen LogP contribution in [0.1, 0.15) is 90.2 Å². The van der Waals surface area contributed by atoms with Gasteiger partial charge >= 0.3 is 5.97 Å². The first-order valence-corrected chi connectivity index (χ1v) is 14.7. The van der Waals surface area contributed by atoms with Crippen LogP contribution >= 0.6 is 0 Å². The molecule has 0 atom stereocenters. The van der Waals surface area contributed by atoms with Crippen molar-refractivity contribution in [3.63, 3.8) is 0 Å². The molecule has 0 aliphatic heterocycles. The first kappa shape index (κ1) is 37.6. The van der Waals surface area contributed by atoms with Gasteiger partial charge in [0.2, 0.25) is 15.8 Å². The van der Waals surface area contributed by atoms with Gasteiger partial charge < -0.3 is 10.1 Å². The second kappa shape index (κ2) is 19.5. The number of aliphatic carboxylic acids is 1. The van der Waals surface area contributed by atoms with Crippen LogP contribution < -0.4 is 4.72 Å². The van der Waals surface area contributed by atoms with E-state index in [0.29, 0.717) is 5.56 Å². The van der Waals surface area contributed by atoms with Gasteiger partial charge in [-0.05, 0) is 36.3 Å². The summed E-state index contributed by atoms with van der Waals surface area (Å²) in [6.45, 7) is 17.6. The summed E-state index contributed by atoms with van der Waals surface area (Å²) in [6.07, 6.45) is 4.99. The van der Waals surface area contributed by atoms with Crippen molar-refractivity contribution < 1.29 is 31.9 Å². The minimum Gasteiger partial charge on any atom is -0.478 e. The first-order valence-electron chi connectivity index (χ1n) is 13.0. The molecule has 0 fully saturated rings. The van der Waals surface area contributed by atoms with Crippen molar-refractivity contribution in [1.82, 2.24) is 9.97 Å². The molecule has 11 heteroatoms. The molecule has 218 valence electrons. The summed E-state index contributed by atoms with van der Waals surface area (Å²) in [5.74, 6) is -4.98. The zero-order chi connectivity index (χ0) is 30.8. The number of carboxylic acid groups (broad SMARTS) is 1. The molecule has 0 unspecified atom stereocenters. The predicted molar refractivity (Wildman–Crippen MR) is 156 cm³/mol. The number of carbonyl (C=O) groups is 2. The van der Waals surface area contributed by atoms with Crippen molar-refractivity contribution >= 4 is 44.6 Å². The Hall–Kier alpha value is -3.60. The van der Waals surface area contributed by atoms with Gasteiger partial charge in [0.25, 0.3) is 0 Å². The zero-order valence-corrected chi connectivity index (χ0v) is 25.0. The summed E-state index contributed by atoms with van der Waals surface area (Å²) in [6, 6.07) is 3.14. The fraction of sp³-hybridized carbons (Fsp3) is 0.393. The van der Waals surface area contributed by atoms with Crippen LogP contribution in [0.3, 0.4) is 0 Å². The number of pyridine rings is 1. The number of carbonyl (C=O) groups excluding carboxylic acids is 1. The van der Waals surface area contributed by atoms with Gasteiger partial charge in [0.15, 0.2) is 5.82 Å². The molecule has 1 aromatic carbocycles. The number of ketones is 1. The van der Waals surface area contributed by atoms with Gasteiger partial charge in [-0.25, -0.2) is 27.0 Å². The number of carboxylic acids is 1. The molecule has 0 spiro atoms. The standard InChI is InChI=1S/C20H17F2N3O5S.4C2H6/c1-2-7-31(29,30)25-15-5-4-14(21)17(18(15)22)19(28)13-10-24-20-12(13)8-11(9-23-20)3-6-16(26)27;4*1-2/h3-6,8-10,25H,2,7H2,1H3,(H,23,24)(H,26,27);4*1-2H3/b6-3+;;;;. The summed E-state index contributed by atoms with van der Waals surface area (Å²) in [4.78, 5) is 30.4. The molecule has 0 saturated heterocycles. The molecule has 2 aromatic heterocycles. The maximum Gasteiger partial charge on any atom is 0.328 e. The van der Waals surface area contributed by atoms with Gasteiger partial charge in [-0.1, -0.05) is 62.3 Å². The number of fused-ring (bicyclic) bond motifs is 1. The molecule has 0 saturated carbocycles. The third kappa shape index (κ3) is 11.0. The molecule has 0 bridgehead atoms. The van der Waals surface area contributed by atoms with Crippen molar-refractivity contribution in [3.8, 4) is 0 Å². The number of rotatable bonds is 8. The minimum absolute atomic E-state index is 0.112. The highest BCUT2D eigenvalue weighted by Crippen LogP contribution is 2.28. The van der Waals surface area contributed by atoms with Crippen molar-refractivity contribution in [3.05, 3.63) is 65.0 Å². The summed E-state index contributed by atoms with van der Waals surface area (Å²) < 4.78 is 55.3. The number of aromatic amines is 1. The average molecular weight is 570 g/mol. The molecule has 0 amide bonds. The molecule has 0 aliphatic carbocycles. The Kier molecular flexibility index (Phi) is 18.7. The normalized spacial score (nSPS) is 10.0. The van der Waals surface area contributed by atoms with E-state index in [1.54, 1.807) is 6.92 Å². The molecule has 0 aliphatic rings. The number of sulfonamides is 1. The van der Waals surface area contributed by atoms with Gasteiger partial charge in [-0.3, -0.25) is 9.52 Å². The number of anilines is 1. The third-order valence-electron chi connectivity index (χ3n) is 4.27. The van der Waals surface area contributed by atoms with E-state index in [-0.39, 0.29) is 28.8 Å². The van der Waals surface area contributed by atoms with Crippen LogP contribution in [0.5, 0.6) is 0 Å². The molecule has 39 heavy (non-hydrogen) atoms. The SMILES string of the molecule is CC.CC.CC.CC.CCCS(=O)(=O)Nc1ccc(F)c(C(=O)c2c[nH]c3ncc(/C=C/C(=O)O)cc23)c1F. The van der Waals surface area contributed by atoms with E-state index in [1.165, 1.54) is 24.5 Å². The number of H-pyrrole nitrogens is 1. The van der Waals surface area contributed by atoms with E-state index in [9.17, 15) is 26.8 Å². The second-order valence-corrected chi connectivity index (χ2v) is 8.41. The zero-order valence-electron chi connectivity index (χ0n) is 24.1. The molecule has 3 N–H and O–H groups in total. The fourth-order valence-electron chi connectivity index (χ4n) is 2.93. The number of hydrogen-bond donors (Lipinski definition) is 3. The van der Waals surface area contributed by atoms with Crippen LogP contribution in [-0.4, -0.2) is 41.0 Å². The second-order valence-electron chi connectivity index (χ2n) is 6.57. The van der Waals surface area contributed by atoms with Crippen LogP contribution in [0, 0.1) is 11.6 Å². The summed E-state index contributed by atoms with van der Waals surface area (Å²) >= 11 is 0. The van der Waals surface area contributed by atoms with E-state index in [0.717, 1.165) is 18.2 Å². The molecular weight excluding hydrogens is 528 g/mol. The quantitative estimate of drug-likeness (QED) is 0.191. The van der Waals surface area contributed by atoms with Crippen molar-refractivity contribution in [2.45, 2.75) is 68.7 Å². The number of benzene rings is 1. The van der Waals surface area contributed by atoms with Gasteiger partial charge in [0.05, 0.1) is 17.0 Å². The smallest absolute Gasteiger partial charge is 0.328 e. The third-order valence-corrected chi connectivity index (χ3v) is 5.75. The van der Waals surface area contributed by atoms with Gasteiger partial charge in [-0.2, -0.15) is 0 Å². The summed E-state index contributed by atoms with van der Waals surface area (Å²) in [5.41, 5.74) is -0.980. The molecule has 3 rings (SSSR count). The lowest BCUT2D eigenvalue weighted by Gasteiger charge is -2.11. The summed E-state index contributed by atoms with van der Waals surface area (Å²) in [5, 5.41) is 8.96. The predicted octanol–water partition coefficient (Wildman–Crippen LogP) is 7.43. The largest absolute Gasteiger partial charge is 0.478 e. The molecular formula is C28H41F2N3O5S.